The minimum Gasteiger partial charge on any atom is -0.343 e. The first-order valence-electron chi connectivity index (χ1n) is 8.18. The predicted octanol–water partition coefficient (Wildman–Crippen LogP) is 3.72. The summed E-state index contributed by atoms with van der Waals surface area (Å²) in [5, 5.41) is 0. The highest BCUT2D eigenvalue weighted by atomic mass is 16.2. The number of piperidine rings is 1. The topological polar surface area (TPSA) is 36.4 Å². The molecule has 1 saturated heterocycles. The third-order valence-corrected chi connectivity index (χ3v) is 4.57. The van der Waals surface area contributed by atoms with Gasteiger partial charge in [-0.05, 0) is 37.0 Å². The Morgan fingerprint density at radius 1 is 1.13 bits per heavy atom. The number of nitrogens with zero attached hydrogens (tertiary/aromatic N) is 3. The first-order valence-corrected chi connectivity index (χ1v) is 8.18. The standard InChI is InChI=1S/C19H23N3O/c1-15-8-10-22(11-9-15)19(23)16-12-18(14-20-13-16)21(2)17-6-4-3-5-7-17/h3-7,12-15H,8-11H2,1-2H3. The Balaban J connectivity index is 1.78. The van der Waals surface area contributed by atoms with E-state index in [1.165, 1.54) is 0 Å². The van der Waals surface area contributed by atoms with Gasteiger partial charge in [-0.2, -0.15) is 0 Å². The van der Waals surface area contributed by atoms with Crippen molar-refractivity contribution < 1.29 is 4.79 Å². The number of anilines is 2. The monoisotopic (exact) mass is 309 g/mol. The van der Waals surface area contributed by atoms with Crippen molar-refractivity contribution in [1.82, 2.24) is 9.88 Å². The number of carbonyl (C=O) groups is 1. The lowest BCUT2D eigenvalue weighted by Gasteiger charge is -2.30. The highest BCUT2D eigenvalue weighted by Crippen LogP contribution is 2.24. The van der Waals surface area contributed by atoms with Gasteiger partial charge >= 0.3 is 0 Å². The molecule has 2 aromatic rings. The Bertz CT molecular complexity index is 663. The van der Waals surface area contributed by atoms with E-state index >= 15 is 0 Å². The van der Waals surface area contributed by atoms with E-state index in [-0.39, 0.29) is 5.91 Å². The molecule has 1 aliphatic heterocycles. The largest absolute Gasteiger partial charge is 0.343 e. The summed E-state index contributed by atoms with van der Waals surface area (Å²) in [6, 6.07) is 12.0. The fraction of sp³-hybridized carbons (Fsp3) is 0.368. The van der Waals surface area contributed by atoms with Crippen molar-refractivity contribution in [3.05, 3.63) is 54.4 Å². The molecule has 1 amide bonds. The highest BCUT2D eigenvalue weighted by molar-refractivity contribution is 5.95. The van der Waals surface area contributed by atoms with Crippen molar-refractivity contribution in [2.75, 3.05) is 25.0 Å². The summed E-state index contributed by atoms with van der Waals surface area (Å²) >= 11 is 0. The molecule has 120 valence electrons. The smallest absolute Gasteiger partial charge is 0.255 e. The predicted molar refractivity (Wildman–Crippen MR) is 93.0 cm³/mol. The fourth-order valence-corrected chi connectivity index (χ4v) is 2.92. The van der Waals surface area contributed by atoms with Gasteiger partial charge in [-0.15, -0.1) is 0 Å². The van der Waals surface area contributed by atoms with Crippen molar-refractivity contribution in [2.24, 2.45) is 5.92 Å². The molecule has 4 nitrogen and oxygen atoms in total. The van der Waals surface area contributed by atoms with Gasteiger partial charge in [-0.25, -0.2) is 0 Å². The fourth-order valence-electron chi connectivity index (χ4n) is 2.92. The summed E-state index contributed by atoms with van der Waals surface area (Å²) in [7, 11) is 1.99. The summed E-state index contributed by atoms with van der Waals surface area (Å²) < 4.78 is 0. The third kappa shape index (κ3) is 3.52. The second kappa shape index (κ2) is 6.82. The molecule has 4 heteroatoms. The number of benzene rings is 1. The molecule has 1 fully saturated rings. The molecule has 0 bridgehead atoms. The summed E-state index contributed by atoms with van der Waals surface area (Å²) in [6.45, 7) is 3.94. The summed E-state index contributed by atoms with van der Waals surface area (Å²) in [5.41, 5.74) is 2.66. The van der Waals surface area contributed by atoms with E-state index in [9.17, 15) is 4.79 Å². The van der Waals surface area contributed by atoms with Crippen LogP contribution in [-0.2, 0) is 0 Å². The van der Waals surface area contributed by atoms with E-state index in [1.54, 1.807) is 12.4 Å². The summed E-state index contributed by atoms with van der Waals surface area (Å²) in [4.78, 5) is 20.9. The maximum atomic E-state index is 12.7. The molecular weight excluding hydrogens is 286 g/mol. The molecular formula is C19H23N3O. The molecule has 0 N–H and O–H groups in total. The number of para-hydroxylation sites is 1. The normalized spacial score (nSPS) is 15.5. The van der Waals surface area contributed by atoms with Crippen molar-refractivity contribution in [2.45, 2.75) is 19.8 Å². The Morgan fingerprint density at radius 3 is 2.52 bits per heavy atom. The Labute approximate surface area is 137 Å². The molecule has 1 aromatic heterocycles. The lowest BCUT2D eigenvalue weighted by Crippen LogP contribution is -2.38. The van der Waals surface area contributed by atoms with Crippen LogP contribution in [0.5, 0.6) is 0 Å². The summed E-state index contributed by atoms with van der Waals surface area (Å²) in [5.74, 6) is 0.806. The molecule has 23 heavy (non-hydrogen) atoms. The van der Waals surface area contributed by atoms with E-state index in [0.717, 1.165) is 37.3 Å². The molecule has 0 unspecified atom stereocenters. The average molecular weight is 309 g/mol. The Kier molecular flexibility index (Phi) is 4.60. The maximum absolute atomic E-state index is 12.7. The van der Waals surface area contributed by atoms with Crippen LogP contribution in [0.2, 0.25) is 0 Å². The number of hydrogen-bond donors (Lipinski definition) is 0. The van der Waals surface area contributed by atoms with Crippen LogP contribution in [0.1, 0.15) is 30.1 Å². The van der Waals surface area contributed by atoms with Gasteiger partial charge < -0.3 is 9.80 Å². The molecule has 0 radical (unpaired) electrons. The van der Waals surface area contributed by atoms with Crippen molar-refractivity contribution in [1.29, 1.82) is 0 Å². The molecule has 0 aliphatic carbocycles. The molecule has 0 atom stereocenters. The molecule has 0 spiro atoms. The first-order chi connectivity index (χ1) is 11.1. The number of amides is 1. The third-order valence-electron chi connectivity index (χ3n) is 4.57. The zero-order chi connectivity index (χ0) is 16.2. The van der Waals surface area contributed by atoms with Crippen LogP contribution >= 0.6 is 0 Å². The van der Waals surface area contributed by atoms with E-state index in [1.807, 2.05) is 53.2 Å². The quantitative estimate of drug-likeness (QED) is 0.867. The van der Waals surface area contributed by atoms with Gasteiger partial charge in [0.25, 0.3) is 5.91 Å². The van der Waals surface area contributed by atoms with Crippen molar-refractivity contribution >= 4 is 17.3 Å². The second-order valence-corrected chi connectivity index (χ2v) is 6.30. The van der Waals surface area contributed by atoms with E-state index < -0.39 is 0 Å². The Morgan fingerprint density at radius 2 is 1.83 bits per heavy atom. The number of carbonyl (C=O) groups excluding carboxylic acids is 1. The van der Waals surface area contributed by atoms with Crippen LogP contribution in [0.3, 0.4) is 0 Å². The minimum atomic E-state index is 0.0905. The zero-order valence-electron chi connectivity index (χ0n) is 13.8. The van der Waals surface area contributed by atoms with Gasteiger partial charge in [0.2, 0.25) is 0 Å². The van der Waals surface area contributed by atoms with Gasteiger partial charge in [-0.1, -0.05) is 25.1 Å². The molecule has 3 rings (SSSR count). The second-order valence-electron chi connectivity index (χ2n) is 6.30. The number of aromatic nitrogens is 1. The van der Waals surface area contributed by atoms with Crippen LogP contribution in [0.25, 0.3) is 0 Å². The molecule has 0 saturated carbocycles. The van der Waals surface area contributed by atoms with Crippen molar-refractivity contribution in [3.63, 3.8) is 0 Å². The zero-order valence-corrected chi connectivity index (χ0v) is 13.8. The maximum Gasteiger partial charge on any atom is 0.255 e. The number of pyridine rings is 1. The molecule has 1 aromatic carbocycles. The highest BCUT2D eigenvalue weighted by Gasteiger charge is 2.22. The van der Waals surface area contributed by atoms with Crippen LogP contribution in [0, 0.1) is 5.92 Å². The van der Waals surface area contributed by atoms with Crippen LogP contribution < -0.4 is 4.90 Å². The minimum absolute atomic E-state index is 0.0905. The Hall–Kier alpha value is -2.36. The van der Waals surface area contributed by atoms with Crippen LogP contribution in [-0.4, -0.2) is 35.9 Å². The SMILES string of the molecule is CC1CCN(C(=O)c2cncc(N(C)c3ccccc3)c2)CC1. The average Bonchev–Trinajstić information content (AvgIpc) is 2.62. The summed E-state index contributed by atoms with van der Waals surface area (Å²) in [6.07, 6.45) is 5.64. The van der Waals surface area contributed by atoms with Gasteiger partial charge in [0.15, 0.2) is 0 Å². The number of likely N-dealkylation sites (tertiary alicyclic amines) is 1. The molecule has 2 heterocycles. The van der Waals surface area contributed by atoms with Gasteiger partial charge in [0.05, 0.1) is 17.4 Å². The number of hydrogen-bond acceptors (Lipinski definition) is 3. The van der Waals surface area contributed by atoms with E-state index in [4.69, 9.17) is 0 Å². The van der Waals surface area contributed by atoms with Gasteiger partial charge in [0.1, 0.15) is 0 Å². The first kappa shape index (κ1) is 15.5. The van der Waals surface area contributed by atoms with Crippen LogP contribution in [0.15, 0.2) is 48.8 Å². The van der Waals surface area contributed by atoms with Crippen LogP contribution in [0.4, 0.5) is 11.4 Å². The van der Waals surface area contributed by atoms with Gasteiger partial charge in [0, 0.05) is 32.0 Å². The van der Waals surface area contributed by atoms with Crippen molar-refractivity contribution in [3.8, 4) is 0 Å². The van der Waals surface area contributed by atoms with E-state index in [0.29, 0.717) is 11.5 Å². The lowest BCUT2D eigenvalue weighted by atomic mass is 9.99. The number of rotatable bonds is 3. The molecule has 1 aliphatic rings. The van der Waals surface area contributed by atoms with Gasteiger partial charge in [-0.3, -0.25) is 9.78 Å². The van der Waals surface area contributed by atoms with E-state index in [2.05, 4.69) is 11.9 Å². The lowest BCUT2D eigenvalue weighted by molar-refractivity contribution is 0.0697.